The highest BCUT2D eigenvalue weighted by Gasteiger charge is 2.17. The zero-order valence-corrected chi connectivity index (χ0v) is 15.9. The van der Waals surface area contributed by atoms with Crippen LogP contribution in [0.1, 0.15) is 19.4 Å². The van der Waals surface area contributed by atoms with Crippen LogP contribution in [-0.4, -0.2) is 56.3 Å². The topological polar surface area (TPSA) is 48.9 Å². The van der Waals surface area contributed by atoms with Crippen LogP contribution in [0, 0.1) is 5.82 Å². The van der Waals surface area contributed by atoms with Gasteiger partial charge in [-0.2, -0.15) is 0 Å². The van der Waals surface area contributed by atoms with Gasteiger partial charge in [-0.25, -0.2) is 9.38 Å². The van der Waals surface area contributed by atoms with Crippen molar-refractivity contribution in [2.24, 2.45) is 4.99 Å². The largest absolute Gasteiger partial charge is 0.379 e. The molecule has 2 rings (SSSR count). The van der Waals surface area contributed by atoms with Gasteiger partial charge in [-0.3, -0.25) is 4.90 Å². The number of rotatable bonds is 6. The number of halogens is 2. The summed E-state index contributed by atoms with van der Waals surface area (Å²) in [7, 11) is 0. The number of benzene rings is 1. The van der Waals surface area contributed by atoms with Gasteiger partial charge in [0.2, 0.25) is 0 Å². The van der Waals surface area contributed by atoms with E-state index in [0.29, 0.717) is 12.6 Å². The minimum atomic E-state index is -0.248. The molecule has 1 aliphatic rings. The molecule has 1 atom stereocenters. The predicted molar refractivity (Wildman–Crippen MR) is 98.8 cm³/mol. The van der Waals surface area contributed by atoms with Crippen molar-refractivity contribution >= 4 is 21.9 Å². The van der Waals surface area contributed by atoms with Crippen molar-refractivity contribution in [1.29, 1.82) is 0 Å². The van der Waals surface area contributed by atoms with Crippen molar-refractivity contribution < 1.29 is 9.13 Å². The van der Waals surface area contributed by atoms with E-state index in [-0.39, 0.29) is 5.82 Å². The molecule has 1 aromatic carbocycles. The average Bonchev–Trinajstić information content (AvgIpc) is 2.60. The maximum Gasteiger partial charge on any atom is 0.191 e. The number of morpholine rings is 1. The number of ether oxygens (including phenoxy) is 1. The summed E-state index contributed by atoms with van der Waals surface area (Å²) in [6, 6.07) is 5.05. The summed E-state index contributed by atoms with van der Waals surface area (Å²) in [5.74, 6) is 0.496. The van der Waals surface area contributed by atoms with Gasteiger partial charge in [0, 0.05) is 36.7 Å². The van der Waals surface area contributed by atoms with Crippen LogP contribution in [-0.2, 0) is 11.3 Å². The molecule has 1 aliphatic heterocycles. The Hall–Kier alpha value is -1.18. The lowest BCUT2D eigenvalue weighted by atomic mass is 10.2. The third kappa shape index (κ3) is 6.03. The summed E-state index contributed by atoms with van der Waals surface area (Å²) in [5.41, 5.74) is 0.827. The molecule has 1 aromatic rings. The Bertz CT molecular complexity index is 549. The quantitative estimate of drug-likeness (QED) is 0.568. The highest BCUT2D eigenvalue weighted by atomic mass is 79.9. The molecule has 2 N–H and O–H groups in total. The second-order valence-electron chi connectivity index (χ2n) is 5.81. The first-order valence-corrected chi connectivity index (χ1v) is 9.17. The number of hydrogen-bond donors (Lipinski definition) is 2. The number of guanidine groups is 1. The monoisotopic (exact) mass is 400 g/mol. The molecular weight excluding hydrogens is 375 g/mol. The Balaban J connectivity index is 1.91. The lowest BCUT2D eigenvalue weighted by molar-refractivity contribution is 0.0211. The lowest BCUT2D eigenvalue weighted by Gasteiger charge is -2.32. The van der Waals surface area contributed by atoms with E-state index in [0.717, 1.165) is 55.4 Å². The molecule has 134 valence electrons. The van der Waals surface area contributed by atoms with E-state index < -0.39 is 0 Å². The molecule has 0 bridgehead atoms. The first-order valence-electron chi connectivity index (χ1n) is 8.38. The molecule has 0 radical (unpaired) electrons. The van der Waals surface area contributed by atoms with Gasteiger partial charge >= 0.3 is 0 Å². The number of aliphatic imine (C=N–C) groups is 1. The molecule has 0 saturated carbocycles. The average molecular weight is 401 g/mol. The summed E-state index contributed by atoms with van der Waals surface area (Å²) in [6.45, 7) is 9.75. The van der Waals surface area contributed by atoms with Gasteiger partial charge in [-0.05, 0) is 37.6 Å². The summed E-state index contributed by atoms with van der Waals surface area (Å²) in [6.07, 6.45) is 0. The number of nitrogens with one attached hydrogen (secondary N) is 2. The van der Waals surface area contributed by atoms with Crippen LogP contribution in [0.5, 0.6) is 0 Å². The summed E-state index contributed by atoms with van der Waals surface area (Å²) >= 11 is 3.44. The fourth-order valence-electron chi connectivity index (χ4n) is 2.56. The third-order valence-electron chi connectivity index (χ3n) is 3.99. The molecular formula is C17H26BrFN4O. The Morgan fingerprint density at radius 1 is 1.38 bits per heavy atom. The molecule has 0 spiro atoms. The third-order valence-corrected chi connectivity index (χ3v) is 4.77. The maximum atomic E-state index is 13.4. The minimum absolute atomic E-state index is 0.248. The van der Waals surface area contributed by atoms with Crippen LogP contribution >= 0.6 is 15.9 Å². The van der Waals surface area contributed by atoms with Crippen LogP contribution in [0.25, 0.3) is 0 Å². The molecule has 1 unspecified atom stereocenters. The van der Waals surface area contributed by atoms with Gasteiger partial charge in [-0.1, -0.05) is 15.9 Å². The first kappa shape index (κ1) is 19.1. The number of hydrogen-bond acceptors (Lipinski definition) is 3. The van der Waals surface area contributed by atoms with E-state index in [1.807, 2.05) is 6.92 Å². The van der Waals surface area contributed by atoms with Crippen LogP contribution in [0.4, 0.5) is 4.39 Å². The smallest absolute Gasteiger partial charge is 0.191 e. The van der Waals surface area contributed by atoms with Gasteiger partial charge in [-0.15, -0.1) is 0 Å². The highest BCUT2D eigenvalue weighted by Crippen LogP contribution is 2.18. The van der Waals surface area contributed by atoms with E-state index in [1.54, 1.807) is 6.07 Å². The molecule has 0 aliphatic carbocycles. The maximum absolute atomic E-state index is 13.4. The molecule has 0 amide bonds. The molecule has 1 fully saturated rings. The predicted octanol–water partition coefficient (Wildman–Crippen LogP) is 2.36. The zero-order valence-electron chi connectivity index (χ0n) is 14.3. The first-order chi connectivity index (χ1) is 11.6. The Labute approximate surface area is 151 Å². The zero-order chi connectivity index (χ0) is 17.4. The molecule has 5 nitrogen and oxygen atoms in total. The van der Waals surface area contributed by atoms with Gasteiger partial charge in [0.1, 0.15) is 5.82 Å². The second-order valence-corrected chi connectivity index (χ2v) is 6.66. The van der Waals surface area contributed by atoms with Crippen molar-refractivity contribution in [3.05, 3.63) is 34.1 Å². The SMILES string of the molecule is CCNC(=NCc1cc(F)ccc1Br)NCC(C)N1CCOCC1. The Kier molecular flexibility index (Phi) is 7.94. The van der Waals surface area contributed by atoms with E-state index in [9.17, 15) is 4.39 Å². The fraction of sp³-hybridized carbons (Fsp3) is 0.588. The van der Waals surface area contributed by atoms with E-state index in [2.05, 4.69) is 43.4 Å². The molecule has 0 aromatic heterocycles. The Morgan fingerprint density at radius 2 is 2.12 bits per heavy atom. The van der Waals surface area contributed by atoms with E-state index in [4.69, 9.17) is 4.74 Å². The van der Waals surface area contributed by atoms with Crippen molar-refractivity contribution in [3.8, 4) is 0 Å². The number of nitrogens with zero attached hydrogens (tertiary/aromatic N) is 2. The van der Waals surface area contributed by atoms with Crippen LogP contribution in [0.2, 0.25) is 0 Å². The van der Waals surface area contributed by atoms with Crippen LogP contribution in [0.15, 0.2) is 27.7 Å². The van der Waals surface area contributed by atoms with Gasteiger partial charge in [0.05, 0.1) is 19.8 Å². The van der Waals surface area contributed by atoms with E-state index in [1.165, 1.54) is 12.1 Å². The van der Waals surface area contributed by atoms with Crippen LogP contribution < -0.4 is 10.6 Å². The lowest BCUT2D eigenvalue weighted by Crippen LogP contribution is -2.49. The van der Waals surface area contributed by atoms with Gasteiger partial charge in [0.15, 0.2) is 5.96 Å². The second kappa shape index (κ2) is 9.96. The molecule has 24 heavy (non-hydrogen) atoms. The van der Waals surface area contributed by atoms with Crippen molar-refractivity contribution in [3.63, 3.8) is 0 Å². The van der Waals surface area contributed by atoms with Crippen molar-refractivity contribution in [2.45, 2.75) is 26.4 Å². The highest BCUT2D eigenvalue weighted by molar-refractivity contribution is 9.10. The summed E-state index contributed by atoms with van der Waals surface area (Å²) in [4.78, 5) is 6.96. The molecule has 7 heteroatoms. The standard InChI is InChI=1S/C17H26BrFN4O/c1-3-20-17(21-11-13(2)23-6-8-24-9-7-23)22-12-14-10-15(19)4-5-16(14)18/h4-5,10,13H,3,6-9,11-12H2,1-2H3,(H2,20,21,22). The summed E-state index contributed by atoms with van der Waals surface area (Å²) < 4.78 is 19.6. The minimum Gasteiger partial charge on any atom is -0.379 e. The van der Waals surface area contributed by atoms with E-state index >= 15 is 0 Å². The summed E-state index contributed by atoms with van der Waals surface area (Å²) in [5, 5.41) is 6.60. The molecule has 1 heterocycles. The Morgan fingerprint density at radius 3 is 2.83 bits per heavy atom. The normalized spacial score (nSPS) is 17.6. The fourth-order valence-corrected chi connectivity index (χ4v) is 2.93. The van der Waals surface area contributed by atoms with Crippen LogP contribution in [0.3, 0.4) is 0 Å². The van der Waals surface area contributed by atoms with Gasteiger partial charge < -0.3 is 15.4 Å². The van der Waals surface area contributed by atoms with Gasteiger partial charge in [0.25, 0.3) is 0 Å². The van der Waals surface area contributed by atoms with Crippen molar-refractivity contribution in [1.82, 2.24) is 15.5 Å². The van der Waals surface area contributed by atoms with Crippen molar-refractivity contribution in [2.75, 3.05) is 39.4 Å². The molecule has 1 saturated heterocycles.